The summed E-state index contributed by atoms with van der Waals surface area (Å²) >= 11 is 0. The number of carbonyl (C=O) groups excluding carboxylic acids is 1. The first-order chi connectivity index (χ1) is 7.56. The molecule has 1 aromatic carbocycles. The highest BCUT2D eigenvalue weighted by Crippen LogP contribution is 2.32. The first-order valence-corrected chi connectivity index (χ1v) is 4.53. The largest absolute Gasteiger partial charge is 0.382 e. The number of hydrogen-bond donors (Lipinski definition) is 3. The number of para-hydroxylation sites is 1. The number of benzene rings is 1. The van der Waals surface area contributed by atoms with Crippen LogP contribution in [0.1, 0.15) is 0 Å². The quantitative estimate of drug-likeness (QED) is 0.499. The van der Waals surface area contributed by atoms with Crippen molar-refractivity contribution in [3.05, 3.63) is 28.3 Å². The van der Waals surface area contributed by atoms with E-state index < -0.39 is 10.8 Å². The first kappa shape index (κ1) is 11.8. The maximum Gasteiger partial charge on any atom is 0.315 e. The molecule has 86 valence electrons. The van der Waals surface area contributed by atoms with E-state index in [2.05, 4.69) is 10.6 Å². The lowest BCUT2D eigenvalue weighted by Gasteiger charge is -2.08. The van der Waals surface area contributed by atoms with Crippen molar-refractivity contribution >= 4 is 23.0 Å². The van der Waals surface area contributed by atoms with E-state index >= 15 is 0 Å². The van der Waals surface area contributed by atoms with Gasteiger partial charge in [-0.2, -0.15) is 0 Å². The monoisotopic (exact) mass is 224 g/mol. The number of nitrogens with zero attached hydrogens (tertiary/aromatic N) is 1. The normalized spacial score (nSPS) is 9.56. The maximum atomic E-state index is 10.9. The second-order valence-corrected chi connectivity index (χ2v) is 3.03. The molecule has 7 heteroatoms. The van der Waals surface area contributed by atoms with Crippen LogP contribution in [0.2, 0.25) is 0 Å². The van der Waals surface area contributed by atoms with Crippen LogP contribution in [-0.4, -0.2) is 24.4 Å². The summed E-state index contributed by atoms with van der Waals surface area (Å²) in [6.07, 6.45) is 0. The molecule has 7 nitrogen and oxygen atoms in total. The minimum absolute atomic E-state index is 0.105. The average Bonchev–Trinajstić information content (AvgIpc) is 2.25. The minimum atomic E-state index is -0.579. The van der Waals surface area contributed by atoms with Gasteiger partial charge in [-0.15, -0.1) is 0 Å². The molecule has 0 unspecified atom stereocenters. The van der Waals surface area contributed by atoms with E-state index in [0.29, 0.717) is 5.69 Å². The van der Waals surface area contributed by atoms with Crippen LogP contribution in [-0.2, 0) is 4.79 Å². The van der Waals surface area contributed by atoms with Gasteiger partial charge in [-0.25, -0.2) is 0 Å². The number of nitro groups is 1. The van der Waals surface area contributed by atoms with Crippen LogP contribution in [0, 0.1) is 10.1 Å². The molecule has 0 heterocycles. The number of nitrogens with two attached hydrogens (primary N) is 1. The van der Waals surface area contributed by atoms with Gasteiger partial charge < -0.3 is 16.4 Å². The molecule has 0 spiro atoms. The Labute approximate surface area is 91.8 Å². The zero-order valence-electron chi connectivity index (χ0n) is 8.69. The second kappa shape index (κ2) is 4.96. The highest BCUT2D eigenvalue weighted by Gasteiger charge is 2.18. The van der Waals surface area contributed by atoms with E-state index in [1.165, 1.54) is 6.07 Å². The fraction of sp³-hybridized carbons (Fsp3) is 0.222. The summed E-state index contributed by atoms with van der Waals surface area (Å²) in [7, 11) is 1.58. The van der Waals surface area contributed by atoms with E-state index in [4.69, 9.17) is 5.73 Å². The topological polar surface area (TPSA) is 110 Å². The molecule has 4 N–H and O–H groups in total. The number of carbonyl (C=O) groups is 1. The molecule has 1 rings (SSSR count). The molecule has 1 aromatic rings. The third kappa shape index (κ3) is 2.59. The van der Waals surface area contributed by atoms with Crippen molar-refractivity contribution in [2.75, 3.05) is 24.2 Å². The summed E-state index contributed by atoms with van der Waals surface area (Å²) in [6, 6.07) is 4.73. The maximum absolute atomic E-state index is 10.9. The van der Waals surface area contributed by atoms with Crippen molar-refractivity contribution < 1.29 is 9.72 Å². The summed E-state index contributed by atoms with van der Waals surface area (Å²) in [5.74, 6) is -0.579. The fourth-order valence-electron chi connectivity index (χ4n) is 1.27. The third-order valence-electron chi connectivity index (χ3n) is 1.94. The first-order valence-electron chi connectivity index (χ1n) is 4.53. The number of nitro benzene ring substituents is 1. The predicted molar refractivity (Wildman–Crippen MR) is 60.3 cm³/mol. The van der Waals surface area contributed by atoms with Gasteiger partial charge in [0.25, 0.3) is 0 Å². The standard InChI is InChI=1S/C9H12N4O3/c1-11-6-3-2-4-7(9(6)13(15)16)12-5-8(10)14/h2-4,11-12H,5H2,1H3,(H2,10,14). The Hall–Kier alpha value is -2.31. The van der Waals surface area contributed by atoms with Crippen LogP contribution in [0.4, 0.5) is 17.1 Å². The van der Waals surface area contributed by atoms with E-state index in [9.17, 15) is 14.9 Å². The highest BCUT2D eigenvalue weighted by atomic mass is 16.6. The van der Waals surface area contributed by atoms with Gasteiger partial charge in [0, 0.05) is 7.05 Å². The lowest BCUT2D eigenvalue weighted by Crippen LogP contribution is -2.22. The van der Waals surface area contributed by atoms with Crippen molar-refractivity contribution in [3.8, 4) is 0 Å². The Kier molecular flexibility index (Phi) is 3.65. The number of anilines is 2. The average molecular weight is 224 g/mol. The molecule has 16 heavy (non-hydrogen) atoms. The summed E-state index contributed by atoms with van der Waals surface area (Å²) in [5.41, 5.74) is 5.48. The smallest absolute Gasteiger partial charge is 0.315 e. The fourth-order valence-corrected chi connectivity index (χ4v) is 1.27. The molecular weight excluding hydrogens is 212 g/mol. The van der Waals surface area contributed by atoms with E-state index in [0.717, 1.165) is 0 Å². The Morgan fingerprint density at radius 2 is 2.12 bits per heavy atom. The molecule has 0 atom stereocenters. The molecular formula is C9H12N4O3. The summed E-state index contributed by atoms with van der Waals surface area (Å²) < 4.78 is 0. The zero-order chi connectivity index (χ0) is 12.1. The molecule has 0 aromatic heterocycles. The Morgan fingerprint density at radius 3 is 2.62 bits per heavy atom. The van der Waals surface area contributed by atoms with Crippen LogP contribution < -0.4 is 16.4 Å². The van der Waals surface area contributed by atoms with Gasteiger partial charge >= 0.3 is 5.69 Å². The SMILES string of the molecule is CNc1cccc(NCC(N)=O)c1[N+](=O)[O-]. The molecule has 0 aliphatic heterocycles. The van der Waals surface area contributed by atoms with Crippen molar-refractivity contribution in [1.29, 1.82) is 0 Å². The van der Waals surface area contributed by atoms with Gasteiger partial charge in [0.15, 0.2) is 0 Å². The molecule has 0 radical (unpaired) electrons. The number of amides is 1. The summed E-state index contributed by atoms with van der Waals surface area (Å²) in [4.78, 5) is 20.9. The van der Waals surface area contributed by atoms with Gasteiger partial charge in [-0.3, -0.25) is 14.9 Å². The van der Waals surface area contributed by atoms with Crippen molar-refractivity contribution in [3.63, 3.8) is 0 Å². The van der Waals surface area contributed by atoms with Crippen LogP contribution in [0.3, 0.4) is 0 Å². The van der Waals surface area contributed by atoms with E-state index in [-0.39, 0.29) is 17.9 Å². The van der Waals surface area contributed by atoms with Gasteiger partial charge in [-0.05, 0) is 12.1 Å². The summed E-state index contributed by atoms with van der Waals surface area (Å²) in [5, 5.41) is 16.2. The molecule has 0 aliphatic carbocycles. The van der Waals surface area contributed by atoms with Crippen LogP contribution >= 0.6 is 0 Å². The molecule has 1 amide bonds. The number of primary amides is 1. The third-order valence-corrected chi connectivity index (χ3v) is 1.94. The molecule has 0 aliphatic rings. The van der Waals surface area contributed by atoms with Crippen molar-refractivity contribution in [1.82, 2.24) is 0 Å². The van der Waals surface area contributed by atoms with Crippen molar-refractivity contribution in [2.45, 2.75) is 0 Å². The number of nitrogens with one attached hydrogen (secondary N) is 2. The molecule has 0 saturated heterocycles. The number of rotatable bonds is 5. The Balaban J connectivity index is 3.07. The van der Waals surface area contributed by atoms with Crippen LogP contribution in [0.25, 0.3) is 0 Å². The van der Waals surface area contributed by atoms with Gasteiger partial charge in [0.2, 0.25) is 5.91 Å². The lowest BCUT2D eigenvalue weighted by atomic mass is 10.2. The number of hydrogen-bond acceptors (Lipinski definition) is 5. The predicted octanol–water partition coefficient (Wildman–Crippen LogP) is 0.534. The lowest BCUT2D eigenvalue weighted by molar-refractivity contribution is -0.383. The van der Waals surface area contributed by atoms with Gasteiger partial charge in [0.1, 0.15) is 11.4 Å². The molecule has 0 bridgehead atoms. The molecule has 0 fully saturated rings. The summed E-state index contributed by atoms with van der Waals surface area (Å²) in [6.45, 7) is -0.145. The molecule has 0 saturated carbocycles. The highest BCUT2D eigenvalue weighted by molar-refractivity contribution is 5.82. The van der Waals surface area contributed by atoms with E-state index in [1.54, 1.807) is 19.2 Å². The van der Waals surface area contributed by atoms with Gasteiger partial charge in [-0.1, -0.05) is 6.07 Å². The van der Waals surface area contributed by atoms with Crippen LogP contribution in [0.15, 0.2) is 18.2 Å². The Morgan fingerprint density at radius 1 is 1.50 bits per heavy atom. The van der Waals surface area contributed by atoms with Crippen molar-refractivity contribution in [2.24, 2.45) is 5.73 Å². The van der Waals surface area contributed by atoms with Crippen LogP contribution in [0.5, 0.6) is 0 Å². The van der Waals surface area contributed by atoms with Gasteiger partial charge in [0.05, 0.1) is 11.5 Å². The second-order valence-electron chi connectivity index (χ2n) is 3.03. The minimum Gasteiger partial charge on any atom is -0.382 e. The van der Waals surface area contributed by atoms with E-state index in [1.807, 2.05) is 0 Å². The Bertz CT molecular complexity index is 419. The zero-order valence-corrected chi connectivity index (χ0v) is 8.69.